The van der Waals surface area contributed by atoms with Gasteiger partial charge in [-0.25, -0.2) is 8.91 Å². The molecule has 0 unspecified atom stereocenters. The smallest absolute Gasteiger partial charge is 0.276 e. The van der Waals surface area contributed by atoms with E-state index in [1.807, 2.05) is 11.0 Å². The molecular formula is C22H24FN5O2. The van der Waals surface area contributed by atoms with Gasteiger partial charge in [-0.05, 0) is 30.3 Å². The Morgan fingerprint density at radius 2 is 1.87 bits per heavy atom. The third-order valence-electron chi connectivity index (χ3n) is 5.42. The average Bonchev–Trinajstić information content (AvgIpc) is 3.19. The number of piperazine rings is 1. The Hall–Kier alpha value is -3.26. The van der Waals surface area contributed by atoms with E-state index in [0.717, 1.165) is 25.2 Å². The predicted octanol–water partition coefficient (Wildman–Crippen LogP) is 2.02. The zero-order chi connectivity index (χ0) is 21.1. The van der Waals surface area contributed by atoms with E-state index >= 15 is 0 Å². The highest BCUT2D eigenvalue weighted by atomic mass is 19.1. The molecule has 1 aliphatic rings. The van der Waals surface area contributed by atoms with Crippen molar-refractivity contribution in [3.05, 3.63) is 71.6 Å². The molecule has 1 aliphatic heterocycles. The summed E-state index contributed by atoms with van der Waals surface area (Å²) >= 11 is 0. The first-order valence-corrected chi connectivity index (χ1v) is 10.0. The Kier molecular flexibility index (Phi) is 5.76. The van der Waals surface area contributed by atoms with Crippen LogP contribution in [0.2, 0.25) is 0 Å². The lowest BCUT2D eigenvalue weighted by molar-refractivity contribution is -0.133. The summed E-state index contributed by atoms with van der Waals surface area (Å²) in [6, 6.07) is 7.67. The Morgan fingerprint density at radius 1 is 1.13 bits per heavy atom. The van der Waals surface area contributed by atoms with E-state index in [1.54, 1.807) is 30.6 Å². The first-order chi connectivity index (χ1) is 14.5. The summed E-state index contributed by atoms with van der Waals surface area (Å²) in [6.07, 6.45) is 5.49. The zero-order valence-electron chi connectivity index (χ0n) is 16.7. The quantitative estimate of drug-likeness (QED) is 0.585. The van der Waals surface area contributed by atoms with E-state index in [2.05, 4.69) is 16.6 Å². The fourth-order valence-electron chi connectivity index (χ4n) is 3.70. The summed E-state index contributed by atoms with van der Waals surface area (Å²) in [4.78, 5) is 29.5. The molecule has 2 aromatic heterocycles. The van der Waals surface area contributed by atoms with Gasteiger partial charge in [0.1, 0.15) is 11.3 Å². The second-order valence-electron chi connectivity index (χ2n) is 7.38. The van der Waals surface area contributed by atoms with E-state index in [9.17, 15) is 14.0 Å². The van der Waals surface area contributed by atoms with Crippen LogP contribution in [0.15, 0.2) is 60.2 Å². The van der Waals surface area contributed by atoms with Gasteiger partial charge in [-0.2, -0.15) is 5.10 Å². The van der Waals surface area contributed by atoms with Gasteiger partial charge in [-0.15, -0.1) is 6.58 Å². The molecular weight excluding hydrogens is 385 g/mol. The molecule has 30 heavy (non-hydrogen) atoms. The van der Waals surface area contributed by atoms with Crippen molar-refractivity contribution < 1.29 is 9.18 Å². The molecule has 7 nitrogen and oxygen atoms in total. The number of rotatable bonds is 6. The van der Waals surface area contributed by atoms with Crippen molar-refractivity contribution in [3.63, 3.8) is 0 Å². The third kappa shape index (κ3) is 4.18. The van der Waals surface area contributed by atoms with Crippen LogP contribution in [0.1, 0.15) is 6.42 Å². The Labute approximate surface area is 173 Å². The van der Waals surface area contributed by atoms with Crippen LogP contribution in [0, 0.1) is 5.82 Å². The minimum Gasteiger partial charge on any atom is -0.340 e. The number of aromatic nitrogens is 3. The van der Waals surface area contributed by atoms with Crippen LogP contribution < -0.4 is 5.56 Å². The molecule has 0 aliphatic carbocycles. The summed E-state index contributed by atoms with van der Waals surface area (Å²) in [6.45, 7) is 7.98. The number of fused-ring (bicyclic) bond motifs is 1. The van der Waals surface area contributed by atoms with Crippen molar-refractivity contribution in [2.24, 2.45) is 0 Å². The number of hydrogen-bond donors (Lipinski definition) is 0. The van der Waals surface area contributed by atoms with E-state index in [1.165, 1.54) is 21.2 Å². The molecule has 1 saturated heterocycles. The van der Waals surface area contributed by atoms with Crippen LogP contribution in [-0.2, 0) is 11.3 Å². The number of carbonyl (C=O) groups is 1. The van der Waals surface area contributed by atoms with Gasteiger partial charge in [-0.1, -0.05) is 6.08 Å². The topological polar surface area (TPSA) is 62.9 Å². The monoisotopic (exact) mass is 409 g/mol. The standard InChI is InChI=1S/C22H24FN5O2/c1-2-8-25-10-12-26(13-11-25)21(29)7-9-27-14-15-28-20(22(27)30)16-19(24-28)17-3-5-18(23)6-4-17/h2-6,14-16H,1,7-13H2. The van der Waals surface area contributed by atoms with Crippen LogP contribution in [0.3, 0.4) is 0 Å². The number of hydrogen-bond acceptors (Lipinski definition) is 4. The molecule has 1 amide bonds. The summed E-state index contributed by atoms with van der Waals surface area (Å²) < 4.78 is 16.2. The molecule has 1 fully saturated rings. The fourth-order valence-corrected chi connectivity index (χ4v) is 3.70. The van der Waals surface area contributed by atoms with Gasteiger partial charge in [0.2, 0.25) is 5.91 Å². The maximum atomic E-state index is 13.1. The molecule has 8 heteroatoms. The minimum atomic E-state index is -0.323. The van der Waals surface area contributed by atoms with Crippen molar-refractivity contribution in [3.8, 4) is 11.3 Å². The second kappa shape index (κ2) is 8.62. The molecule has 0 atom stereocenters. The van der Waals surface area contributed by atoms with Gasteiger partial charge in [0, 0.05) is 63.6 Å². The molecule has 0 bridgehead atoms. The van der Waals surface area contributed by atoms with Crippen LogP contribution in [-0.4, -0.2) is 62.6 Å². The highest BCUT2D eigenvalue weighted by Gasteiger charge is 2.20. The van der Waals surface area contributed by atoms with Crippen molar-refractivity contribution in [1.29, 1.82) is 0 Å². The van der Waals surface area contributed by atoms with Gasteiger partial charge in [0.25, 0.3) is 5.56 Å². The number of halogens is 1. The first kappa shape index (κ1) is 20.0. The summed E-state index contributed by atoms with van der Waals surface area (Å²) in [7, 11) is 0. The van der Waals surface area contributed by atoms with Gasteiger partial charge < -0.3 is 9.47 Å². The largest absolute Gasteiger partial charge is 0.340 e. The fraction of sp³-hybridized carbons (Fsp3) is 0.318. The molecule has 0 saturated carbocycles. The molecule has 156 valence electrons. The summed E-state index contributed by atoms with van der Waals surface area (Å²) in [5.41, 5.74) is 1.54. The van der Waals surface area contributed by atoms with Crippen LogP contribution in [0.4, 0.5) is 4.39 Å². The zero-order valence-corrected chi connectivity index (χ0v) is 16.7. The van der Waals surface area contributed by atoms with Crippen LogP contribution in [0.5, 0.6) is 0 Å². The number of amides is 1. The van der Waals surface area contributed by atoms with Gasteiger partial charge in [0.15, 0.2) is 0 Å². The van der Waals surface area contributed by atoms with E-state index in [4.69, 9.17) is 0 Å². The van der Waals surface area contributed by atoms with Crippen LogP contribution >= 0.6 is 0 Å². The summed E-state index contributed by atoms with van der Waals surface area (Å²) in [5.74, 6) is -0.266. The Morgan fingerprint density at radius 3 is 2.57 bits per heavy atom. The van der Waals surface area contributed by atoms with E-state index in [0.29, 0.717) is 30.8 Å². The maximum Gasteiger partial charge on any atom is 0.276 e. The number of carbonyl (C=O) groups excluding carboxylic acids is 1. The maximum absolute atomic E-state index is 13.1. The van der Waals surface area contributed by atoms with Gasteiger partial charge in [-0.3, -0.25) is 14.5 Å². The van der Waals surface area contributed by atoms with Crippen molar-refractivity contribution in [1.82, 2.24) is 24.0 Å². The predicted molar refractivity (Wildman–Crippen MR) is 113 cm³/mol. The summed E-state index contributed by atoms with van der Waals surface area (Å²) in [5, 5.41) is 4.40. The lowest BCUT2D eigenvalue weighted by Gasteiger charge is -2.34. The second-order valence-corrected chi connectivity index (χ2v) is 7.38. The lowest BCUT2D eigenvalue weighted by Crippen LogP contribution is -2.48. The number of aryl methyl sites for hydroxylation is 1. The van der Waals surface area contributed by atoms with Crippen molar-refractivity contribution >= 4 is 11.4 Å². The van der Waals surface area contributed by atoms with Gasteiger partial charge in [0.05, 0.1) is 5.69 Å². The Balaban J connectivity index is 1.44. The molecule has 3 heterocycles. The van der Waals surface area contributed by atoms with Crippen LogP contribution in [0.25, 0.3) is 16.8 Å². The Bertz CT molecular complexity index is 1110. The van der Waals surface area contributed by atoms with Crippen molar-refractivity contribution in [2.45, 2.75) is 13.0 Å². The highest BCUT2D eigenvalue weighted by molar-refractivity contribution is 5.76. The minimum absolute atomic E-state index is 0.0561. The lowest BCUT2D eigenvalue weighted by atomic mass is 10.1. The molecule has 0 N–H and O–H groups in total. The number of benzene rings is 1. The third-order valence-corrected chi connectivity index (χ3v) is 5.42. The normalized spacial score (nSPS) is 14.9. The van der Waals surface area contributed by atoms with E-state index < -0.39 is 0 Å². The molecule has 4 rings (SSSR count). The highest BCUT2D eigenvalue weighted by Crippen LogP contribution is 2.18. The SMILES string of the molecule is C=CCN1CCN(C(=O)CCn2ccn3nc(-c4ccc(F)cc4)cc3c2=O)CC1. The molecule has 0 radical (unpaired) electrons. The van der Waals surface area contributed by atoms with Gasteiger partial charge >= 0.3 is 0 Å². The first-order valence-electron chi connectivity index (χ1n) is 10.0. The molecule has 3 aromatic rings. The number of nitrogens with zero attached hydrogens (tertiary/aromatic N) is 5. The average molecular weight is 409 g/mol. The van der Waals surface area contributed by atoms with Crippen molar-refractivity contribution in [2.75, 3.05) is 32.7 Å². The molecule has 1 aromatic carbocycles. The van der Waals surface area contributed by atoms with E-state index in [-0.39, 0.29) is 23.7 Å². The molecule has 0 spiro atoms.